The molecule has 1 saturated heterocycles. The topological polar surface area (TPSA) is 67.9 Å². The molecule has 0 aromatic carbocycles. The Morgan fingerprint density at radius 2 is 2.08 bits per heavy atom. The third-order valence-electron chi connectivity index (χ3n) is 6.01. The van der Waals surface area contributed by atoms with Crippen LogP contribution >= 0.6 is 0 Å². The maximum absolute atomic E-state index is 6.15. The number of hydrogen-bond donors (Lipinski definition) is 0. The Hall–Kier alpha value is -1.98. The molecule has 0 bridgehead atoms. The molecule has 0 spiro atoms. The van der Waals surface area contributed by atoms with E-state index in [4.69, 9.17) is 9.40 Å². The molecule has 3 aliphatic rings. The van der Waals surface area contributed by atoms with Gasteiger partial charge >= 0.3 is 0 Å². The molecule has 0 amide bonds. The summed E-state index contributed by atoms with van der Waals surface area (Å²) in [5.74, 6) is 3.84. The van der Waals surface area contributed by atoms with Gasteiger partial charge in [-0.15, -0.1) is 10.2 Å². The molecular weight excluding hydrogens is 302 g/mol. The number of rotatable bonds is 3. The number of nitrogens with zero attached hydrogens (tertiary/aromatic N) is 5. The monoisotopic (exact) mass is 325 g/mol. The van der Waals surface area contributed by atoms with E-state index in [1.54, 1.807) is 0 Å². The number of aromatic nitrogens is 4. The Bertz CT molecular complexity index is 783. The van der Waals surface area contributed by atoms with Crippen LogP contribution in [0.25, 0.3) is 0 Å². The molecule has 2 atom stereocenters. The predicted molar refractivity (Wildman–Crippen MR) is 89.0 cm³/mol. The van der Waals surface area contributed by atoms with E-state index in [1.807, 2.05) is 20.0 Å². The van der Waals surface area contributed by atoms with Crippen LogP contribution < -0.4 is 4.90 Å². The van der Waals surface area contributed by atoms with E-state index in [1.165, 1.54) is 25.7 Å². The highest BCUT2D eigenvalue weighted by Crippen LogP contribution is 2.51. The van der Waals surface area contributed by atoms with Gasteiger partial charge in [-0.05, 0) is 45.4 Å². The molecule has 24 heavy (non-hydrogen) atoms. The second-order valence-corrected chi connectivity index (χ2v) is 7.77. The second kappa shape index (κ2) is 5.01. The molecule has 2 saturated carbocycles. The lowest BCUT2D eigenvalue weighted by Gasteiger charge is -2.25. The summed E-state index contributed by atoms with van der Waals surface area (Å²) in [4.78, 5) is 11.6. The largest absolute Gasteiger partial charge is 0.424 e. The van der Waals surface area contributed by atoms with Gasteiger partial charge in [0.1, 0.15) is 5.82 Å². The third kappa shape index (κ3) is 2.08. The molecule has 0 N–H and O–H groups in total. The lowest BCUT2D eigenvalue weighted by Crippen LogP contribution is -2.33. The van der Waals surface area contributed by atoms with E-state index < -0.39 is 0 Å². The van der Waals surface area contributed by atoms with Crippen molar-refractivity contribution >= 4 is 5.82 Å². The summed E-state index contributed by atoms with van der Waals surface area (Å²) < 4.78 is 6.15. The van der Waals surface area contributed by atoms with Crippen molar-refractivity contribution < 1.29 is 4.42 Å². The molecule has 6 heteroatoms. The summed E-state index contributed by atoms with van der Waals surface area (Å²) in [6.45, 7) is 5.98. The summed E-state index contributed by atoms with van der Waals surface area (Å²) in [6.07, 6.45) is 7.85. The summed E-state index contributed by atoms with van der Waals surface area (Å²) >= 11 is 0. The Morgan fingerprint density at radius 3 is 2.92 bits per heavy atom. The van der Waals surface area contributed by atoms with Crippen LogP contribution in [-0.2, 0) is 5.41 Å². The van der Waals surface area contributed by atoms with Crippen molar-refractivity contribution in [1.82, 2.24) is 20.2 Å². The van der Waals surface area contributed by atoms with Crippen LogP contribution in [0.2, 0.25) is 0 Å². The minimum Gasteiger partial charge on any atom is -0.424 e. The minimum absolute atomic E-state index is 0.0119. The SMILES string of the molecule is Cc1cnc(C)c(N2C[C@@H]3CCC[C@]3(c3nnc(C4CC4)o3)C2)n1. The van der Waals surface area contributed by atoms with Gasteiger partial charge in [-0.1, -0.05) is 6.42 Å². The van der Waals surface area contributed by atoms with Gasteiger partial charge in [0.15, 0.2) is 0 Å². The summed E-state index contributed by atoms with van der Waals surface area (Å²) in [5, 5.41) is 8.83. The maximum Gasteiger partial charge on any atom is 0.224 e. The number of hydrogen-bond acceptors (Lipinski definition) is 6. The lowest BCUT2D eigenvalue weighted by molar-refractivity contribution is 0.296. The second-order valence-electron chi connectivity index (χ2n) is 7.77. The van der Waals surface area contributed by atoms with Gasteiger partial charge in [0.05, 0.1) is 16.8 Å². The van der Waals surface area contributed by atoms with E-state index in [-0.39, 0.29) is 5.41 Å². The number of anilines is 1. The molecule has 0 unspecified atom stereocenters. The molecule has 1 aliphatic heterocycles. The first-order chi connectivity index (χ1) is 11.7. The Morgan fingerprint density at radius 1 is 1.21 bits per heavy atom. The van der Waals surface area contributed by atoms with E-state index >= 15 is 0 Å². The van der Waals surface area contributed by atoms with Crippen LogP contribution in [-0.4, -0.2) is 33.3 Å². The Balaban J connectivity index is 1.50. The van der Waals surface area contributed by atoms with Crippen molar-refractivity contribution in [3.63, 3.8) is 0 Å². The molecule has 5 rings (SSSR count). The van der Waals surface area contributed by atoms with E-state index in [9.17, 15) is 0 Å². The molecule has 0 radical (unpaired) electrons. The maximum atomic E-state index is 6.15. The van der Waals surface area contributed by atoms with Crippen LogP contribution in [0.4, 0.5) is 5.82 Å². The molecule has 126 valence electrons. The standard InChI is InChI=1S/C18H23N5O/c1-11-8-19-12(2)15(20-11)23-9-14-4-3-7-18(14,10-23)17-22-21-16(24-17)13-5-6-13/h8,13-14H,3-7,9-10H2,1-2H3/t14-,18-/m0/s1. The molecule has 2 aliphatic carbocycles. The summed E-state index contributed by atoms with van der Waals surface area (Å²) in [6, 6.07) is 0. The third-order valence-corrected chi connectivity index (χ3v) is 6.01. The smallest absolute Gasteiger partial charge is 0.224 e. The highest BCUT2D eigenvalue weighted by molar-refractivity contribution is 5.47. The van der Waals surface area contributed by atoms with Crippen LogP contribution in [0.1, 0.15) is 61.2 Å². The van der Waals surface area contributed by atoms with Gasteiger partial charge in [0.2, 0.25) is 11.8 Å². The predicted octanol–water partition coefficient (Wildman–Crippen LogP) is 2.91. The average Bonchev–Trinajstić information content (AvgIpc) is 3.01. The van der Waals surface area contributed by atoms with E-state index in [2.05, 4.69) is 20.1 Å². The molecular formula is C18H23N5O. The normalized spacial score (nSPS) is 29.2. The van der Waals surface area contributed by atoms with Crippen LogP contribution in [0.15, 0.2) is 10.6 Å². The fourth-order valence-electron chi connectivity index (χ4n) is 4.56. The number of aryl methyl sites for hydroxylation is 2. The van der Waals surface area contributed by atoms with Gasteiger partial charge < -0.3 is 9.32 Å². The van der Waals surface area contributed by atoms with Gasteiger partial charge in [0.25, 0.3) is 0 Å². The Labute approximate surface area is 141 Å². The fraction of sp³-hybridized carbons (Fsp3) is 0.667. The first-order valence-corrected chi connectivity index (χ1v) is 9.05. The van der Waals surface area contributed by atoms with Crippen molar-refractivity contribution in [2.24, 2.45) is 5.92 Å². The van der Waals surface area contributed by atoms with Gasteiger partial charge in [-0.3, -0.25) is 4.98 Å². The van der Waals surface area contributed by atoms with Gasteiger partial charge in [-0.25, -0.2) is 4.98 Å². The highest BCUT2D eigenvalue weighted by atomic mass is 16.4. The number of fused-ring (bicyclic) bond motifs is 1. The average molecular weight is 325 g/mol. The van der Waals surface area contributed by atoms with Gasteiger partial charge in [-0.2, -0.15) is 0 Å². The van der Waals surface area contributed by atoms with Crippen LogP contribution in [0.5, 0.6) is 0 Å². The summed E-state index contributed by atoms with van der Waals surface area (Å²) in [7, 11) is 0. The minimum atomic E-state index is 0.0119. The zero-order valence-corrected chi connectivity index (χ0v) is 14.3. The first kappa shape index (κ1) is 14.4. The van der Waals surface area contributed by atoms with Gasteiger partial charge in [0, 0.05) is 25.2 Å². The molecule has 3 fully saturated rings. The fourth-order valence-corrected chi connectivity index (χ4v) is 4.56. The molecule has 6 nitrogen and oxygen atoms in total. The first-order valence-electron chi connectivity index (χ1n) is 9.05. The quantitative estimate of drug-likeness (QED) is 0.864. The lowest BCUT2D eigenvalue weighted by atomic mass is 9.80. The zero-order valence-electron chi connectivity index (χ0n) is 14.3. The van der Waals surface area contributed by atoms with E-state index in [0.29, 0.717) is 11.8 Å². The Kier molecular flexibility index (Phi) is 3.00. The van der Waals surface area contributed by atoms with Crippen molar-refractivity contribution in [3.8, 4) is 0 Å². The van der Waals surface area contributed by atoms with Crippen LogP contribution in [0.3, 0.4) is 0 Å². The summed E-state index contributed by atoms with van der Waals surface area (Å²) in [5.41, 5.74) is 1.98. The van der Waals surface area contributed by atoms with Crippen molar-refractivity contribution in [1.29, 1.82) is 0 Å². The molecule has 2 aromatic rings. The van der Waals surface area contributed by atoms with E-state index in [0.717, 1.165) is 48.5 Å². The van der Waals surface area contributed by atoms with Crippen molar-refractivity contribution in [3.05, 3.63) is 29.4 Å². The molecule has 3 heterocycles. The highest BCUT2D eigenvalue weighted by Gasteiger charge is 2.54. The zero-order chi connectivity index (χ0) is 16.3. The van der Waals surface area contributed by atoms with Crippen LogP contribution in [0, 0.1) is 19.8 Å². The molecule has 2 aromatic heterocycles. The van der Waals surface area contributed by atoms with Crippen molar-refractivity contribution in [2.45, 2.75) is 57.3 Å². The van der Waals surface area contributed by atoms with Crippen molar-refractivity contribution in [2.75, 3.05) is 18.0 Å².